The fraction of sp³-hybridized carbons (Fsp3) is 0.648. The van der Waals surface area contributed by atoms with Gasteiger partial charge in [0.1, 0.15) is 13.2 Å². The number of hydrogen-bond acceptors (Lipinski definition) is 5. The Kier molecular flexibility index (Phi) is 57.3. The van der Waals surface area contributed by atoms with Gasteiger partial charge in [0.05, 0.1) is 39.9 Å². The van der Waals surface area contributed by atoms with E-state index in [0.717, 1.165) is 103 Å². The lowest BCUT2D eigenvalue weighted by Crippen LogP contribution is -2.45. The van der Waals surface area contributed by atoms with Gasteiger partial charge in [-0.25, -0.2) is 4.57 Å². The zero-order valence-electron chi connectivity index (χ0n) is 52.0. The summed E-state index contributed by atoms with van der Waals surface area (Å²) in [5.74, 6) is -0.197. The standard InChI is InChI=1S/C71H121N2O6P/c1-6-8-10-12-14-16-18-20-22-24-25-26-27-28-29-30-31-32-33-34-35-36-37-38-39-40-41-42-43-44-45-46-47-49-51-53-55-57-59-61-63-65-71(75)72-69(68-79-80(76,77)78-67-66-73(3,4)5)70(74)64-62-60-58-56-54-52-50-48-23-21-19-17-15-13-11-9-7-2/h8,10,14,16,20,22-23,25-26,28-29,31-32,34-35,37-38,40-41,48,54,56,62,64,69-70,74H,6-7,9,11-13,15,17-19,21,24,27,30,33,36,39,42-47,49-53,55,57-61,63,65-68H2,1-5H3,(H-,72,75,76,77)/p+1/b10-8-,16-14-,22-20-,26-25-,29-28-,32-31-,35-34-,38-37-,41-40-,48-23+,56-54+,64-62+. The zero-order chi connectivity index (χ0) is 58.4. The van der Waals surface area contributed by atoms with Crippen LogP contribution in [0.15, 0.2) is 146 Å². The first-order valence-corrected chi connectivity index (χ1v) is 33.7. The molecule has 0 aliphatic heterocycles. The lowest BCUT2D eigenvalue weighted by molar-refractivity contribution is -0.870. The van der Waals surface area contributed by atoms with Gasteiger partial charge in [-0.2, -0.15) is 0 Å². The number of phosphoric acid groups is 1. The highest BCUT2D eigenvalue weighted by Crippen LogP contribution is 2.43. The average molecular weight is 1130 g/mol. The normalized spacial score (nSPS) is 14.7. The van der Waals surface area contributed by atoms with E-state index in [1.54, 1.807) is 6.08 Å². The van der Waals surface area contributed by atoms with Crippen molar-refractivity contribution in [3.63, 3.8) is 0 Å². The summed E-state index contributed by atoms with van der Waals surface area (Å²) in [4.78, 5) is 23.3. The summed E-state index contributed by atoms with van der Waals surface area (Å²) in [6, 6.07) is -0.879. The quantitative estimate of drug-likeness (QED) is 0.0243. The van der Waals surface area contributed by atoms with Crippen molar-refractivity contribution in [2.75, 3.05) is 40.9 Å². The van der Waals surface area contributed by atoms with Crippen LogP contribution in [-0.2, 0) is 18.4 Å². The largest absolute Gasteiger partial charge is 0.472 e. The van der Waals surface area contributed by atoms with E-state index in [-0.39, 0.29) is 19.1 Å². The number of amides is 1. The third-order valence-corrected chi connectivity index (χ3v) is 14.5. The van der Waals surface area contributed by atoms with Gasteiger partial charge in [0.2, 0.25) is 5.91 Å². The summed E-state index contributed by atoms with van der Waals surface area (Å²) in [6.07, 6.45) is 92.6. The van der Waals surface area contributed by atoms with Gasteiger partial charge in [-0.05, 0) is 116 Å². The minimum Gasteiger partial charge on any atom is -0.387 e. The lowest BCUT2D eigenvalue weighted by Gasteiger charge is -2.25. The summed E-state index contributed by atoms with van der Waals surface area (Å²) in [7, 11) is 1.53. The summed E-state index contributed by atoms with van der Waals surface area (Å²) in [5, 5.41) is 13.9. The predicted molar refractivity (Wildman–Crippen MR) is 350 cm³/mol. The van der Waals surface area contributed by atoms with Crippen LogP contribution in [0.3, 0.4) is 0 Å². The van der Waals surface area contributed by atoms with Gasteiger partial charge in [-0.15, -0.1) is 0 Å². The monoisotopic (exact) mass is 1130 g/mol. The third-order valence-electron chi connectivity index (χ3n) is 13.5. The van der Waals surface area contributed by atoms with Crippen molar-refractivity contribution in [2.45, 2.75) is 257 Å². The molecule has 3 N–H and O–H groups in total. The first-order chi connectivity index (χ1) is 39.0. The number of hydrogen-bond donors (Lipinski definition) is 3. The second kappa shape index (κ2) is 60.0. The minimum atomic E-state index is -4.37. The molecule has 0 heterocycles. The number of unbranched alkanes of at least 4 members (excludes halogenated alkanes) is 22. The molecule has 3 atom stereocenters. The van der Waals surface area contributed by atoms with Gasteiger partial charge in [-0.1, -0.05) is 269 Å². The van der Waals surface area contributed by atoms with Gasteiger partial charge >= 0.3 is 7.82 Å². The third kappa shape index (κ3) is 62.0. The molecule has 0 saturated carbocycles. The van der Waals surface area contributed by atoms with Crippen LogP contribution in [0.5, 0.6) is 0 Å². The highest BCUT2D eigenvalue weighted by molar-refractivity contribution is 7.47. The number of nitrogens with one attached hydrogen (secondary N) is 1. The van der Waals surface area contributed by atoms with Crippen molar-refractivity contribution in [3.8, 4) is 0 Å². The van der Waals surface area contributed by atoms with Crippen LogP contribution in [0.4, 0.5) is 0 Å². The molecule has 0 aromatic carbocycles. The van der Waals surface area contributed by atoms with Gasteiger partial charge in [0.15, 0.2) is 0 Å². The van der Waals surface area contributed by atoms with Gasteiger partial charge < -0.3 is 19.8 Å². The summed E-state index contributed by atoms with van der Waals surface area (Å²) < 4.78 is 23.7. The Bertz CT molecular complexity index is 1810. The highest BCUT2D eigenvalue weighted by atomic mass is 31.2. The van der Waals surface area contributed by atoms with E-state index in [4.69, 9.17) is 9.05 Å². The number of nitrogens with zero attached hydrogens (tertiary/aromatic N) is 1. The van der Waals surface area contributed by atoms with Crippen LogP contribution in [0.1, 0.15) is 245 Å². The molecule has 0 saturated heterocycles. The predicted octanol–water partition coefficient (Wildman–Crippen LogP) is 20.4. The molecule has 0 radical (unpaired) electrons. The summed E-state index contributed by atoms with van der Waals surface area (Å²) in [6.45, 7) is 4.65. The Balaban J connectivity index is 4.10. The first kappa shape index (κ1) is 76.4. The van der Waals surface area contributed by atoms with Crippen molar-refractivity contribution < 1.29 is 32.9 Å². The number of rotatable bonds is 57. The van der Waals surface area contributed by atoms with Crippen LogP contribution in [0.25, 0.3) is 0 Å². The maximum Gasteiger partial charge on any atom is 0.472 e. The van der Waals surface area contributed by atoms with Crippen LogP contribution in [0, 0.1) is 0 Å². The molecule has 0 rings (SSSR count). The Labute approximate surface area is 493 Å². The molecule has 0 bridgehead atoms. The van der Waals surface area contributed by atoms with Crippen molar-refractivity contribution in [3.05, 3.63) is 146 Å². The van der Waals surface area contributed by atoms with E-state index in [1.807, 2.05) is 27.2 Å². The molecule has 80 heavy (non-hydrogen) atoms. The second-order valence-electron chi connectivity index (χ2n) is 22.4. The SMILES string of the molecule is CC/C=C\C/C=C\C/C=C\C/C=C\C/C=C\C/C=C\C/C=C\C/C=C\C/C=C\CCCCCCCCCCCCCCCC(=O)NC(COP(=O)(O)OCC[N+](C)(C)C)C(O)/C=C/CC/C=C/CC/C=C/CCCCCCCCC. The molecule has 8 nitrogen and oxygen atoms in total. The van der Waals surface area contributed by atoms with Crippen molar-refractivity contribution in [2.24, 2.45) is 0 Å². The summed E-state index contributed by atoms with van der Waals surface area (Å²) in [5.41, 5.74) is 0. The van der Waals surface area contributed by atoms with Crippen LogP contribution in [0.2, 0.25) is 0 Å². The van der Waals surface area contributed by atoms with E-state index in [1.165, 1.54) is 122 Å². The molecule has 9 heteroatoms. The molecule has 456 valence electrons. The van der Waals surface area contributed by atoms with E-state index < -0.39 is 20.0 Å². The smallest absolute Gasteiger partial charge is 0.387 e. The molecule has 0 aromatic rings. The van der Waals surface area contributed by atoms with E-state index in [2.05, 4.69) is 153 Å². The fourth-order valence-corrected chi connectivity index (χ4v) is 9.27. The molecule has 0 aliphatic rings. The average Bonchev–Trinajstić information content (AvgIpc) is 3.42. The molecule has 0 fully saturated rings. The van der Waals surface area contributed by atoms with Crippen LogP contribution in [-0.4, -0.2) is 73.4 Å². The highest BCUT2D eigenvalue weighted by Gasteiger charge is 2.27. The Morgan fingerprint density at radius 3 is 1.15 bits per heavy atom. The number of allylic oxidation sites excluding steroid dienone is 23. The van der Waals surface area contributed by atoms with Crippen LogP contribution >= 0.6 is 7.82 Å². The molecule has 1 amide bonds. The topological polar surface area (TPSA) is 105 Å². The Morgan fingerprint density at radius 2 is 0.762 bits per heavy atom. The summed E-state index contributed by atoms with van der Waals surface area (Å²) >= 11 is 0. The molecular formula is C71H122N2O6P+. The molecule has 0 aromatic heterocycles. The van der Waals surface area contributed by atoms with Crippen LogP contribution < -0.4 is 5.32 Å². The first-order valence-electron chi connectivity index (χ1n) is 32.2. The zero-order valence-corrected chi connectivity index (χ0v) is 52.9. The minimum absolute atomic E-state index is 0.0474. The number of likely N-dealkylation sites (N-methyl/N-ethyl adjacent to an activating group) is 1. The molecule has 0 spiro atoms. The van der Waals surface area contributed by atoms with Crippen molar-refractivity contribution in [1.82, 2.24) is 5.32 Å². The van der Waals surface area contributed by atoms with Crippen molar-refractivity contribution >= 4 is 13.7 Å². The fourth-order valence-electron chi connectivity index (χ4n) is 8.54. The maximum absolute atomic E-state index is 13.0. The van der Waals surface area contributed by atoms with E-state index >= 15 is 0 Å². The second-order valence-corrected chi connectivity index (χ2v) is 23.8. The van der Waals surface area contributed by atoms with Gasteiger partial charge in [0.25, 0.3) is 0 Å². The number of phosphoric ester groups is 1. The van der Waals surface area contributed by atoms with E-state index in [9.17, 15) is 19.4 Å². The number of carbonyl (C=O) groups is 1. The molecular weight excluding hydrogens is 1010 g/mol. The number of quaternary nitrogens is 1. The lowest BCUT2D eigenvalue weighted by atomic mass is 10.0. The van der Waals surface area contributed by atoms with Gasteiger partial charge in [0, 0.05) is 6.42 Å². The molecule has 0 aliphatic carbocycles. The number of aliphatic hydroxyl groups is 1. The number of carbonyl (C=O) groups excluding carboxylic acids is 1. The number of aliphatic hydroxyl groups excluding tert-OH is 1. The maximum atomic E-state index is 13.0. The van der Waals surface area contributed by atoms with Gasteiger partial charge in [-0.3, -0.25) is 13.8 Å². The van der Waals surface area contributed by atoms with E-state index in [0.29, 0.717) is 17.4 Å². The Hall–Kier alpha value is -3.62. The molecule has 3 unspecified atom stereocenters. The Morgan fingerprint density at radius 1 is 0.438 bits per heavy atom. The van der Waals surface area contributed by atoms with Crippen molar-refractivity contribution in [1.29, 1.82) is 0 Å².